The molecule has 0 aromatic heterocycles. The standard InChI is InChI=1S/C11H11FN2O2/c1-3-16-11(15)10(14-13)8-6-7(2)4-5-9(8)12/h4-6H,3H2,1-2H3. The summed E-state index contributed by atoms with van der Waals surface area (Å²) < 4.78 is 18.1. The van der Waals surface area contributed by atoms with Gasteiger partial charge in [-0.15, -0.1) is 0 Å². The topological polar surface area (TPSA) is 62.7 Å². The Kier molecular flexibility index (Phi) is 3.91. The van der Waals surface area contributed by atoms with Gasteiger partial charge < -0.3 is 10.3 Å². The second-order valence-corrected chi connectivity index (χ2v) is 3.15. The molecule has 0 saturated carbocycles. The third-order valence-corrected chi connectivity index (χ3v) is 1.95. The number of hydrogen-bond donors (Lipinski definition) is 0. The molecule has 0 aliphatic carbocycles. The fourth-order valence-corrected chi connectivity index (χ4v) is 1.22. The summed E-state index contributed by atoms with van der Waals surface area (Å²) in [7, 11) is 0. The molecule has 5 heteroatoms. The lowest BCUT2D eigenvalue weighted by Gasteiger charge is -2.00. The summed E-state index contributed by atoms with van der Waals surface area (Å²) in [5, 5.41) is 0. The Hall–Kier alpha value is -2.00. The Labute approximate surface area is 92.3 Å². The number of hydrogen-bond acceptors (Lipinski definition) is 2. The number of benzene rings is 1. The predicted octanol–water partition coefficient (Wildman–Crippen LogP) is 1.72. The van der Waals surface area contributed by atoms with Gasteiger partial charge in [-0.25, -0.2) is 9.18 Å². The average molecular weight is 222 g/mol. The summed E-state index contributed by atoms with van der Waals surface area (Å²) in [6.07, 6.45) is 0. The molecular formula is C11H11FN2O2. The van der Waals surface area contributed by atoms with Crippen molar-refractivity contribution in [3.8, 4) is 0 Å². The summed E-state index contributed by atoms with van der Waals surface area (Å²) >= 11 is 0. The normalized spacial score (nSPS) is 9.44. The highest BCUT2D eigenvalue weighted by Gasteiger charge is 2.27. The minimum Gasteiger partial charge on any atom is -0.457 e. The van der Waals surface area contributed by atoms with Crippen molar-refractivity contribution in [1.82, 2.24) is 0 Å². The molecule has 0 saturated heterocycles. The lowest BCUT2D eigenvalue weighted by atomic mass is 10.1. The van der Waals surface area contributed by atoms with E-state index in [0.717, 1.165) is 5.56 Å². The first-order chi connectivity index (χ1) is 7.60. The van der Waals surface area contributed by atoms with Crippen LogP contribution >= 0.6 is 0 Å². The van der Waals surface area contributed by atoms with Crippen LogP contribution in [0.3, 0.4) is 0 Å². The van der Waals surface area contributed by atoms with Gasteiger partial charge in [0.05, 0.1) is 6.61 Å². The highest BCUT2D eigenvalue weighted by Crippen LogP contribution is 2.11. The van der Waals surface area contributed by atoms with Gasteiger partial charge in [0, 0.05) is 0 Å². The molecule has 0 spiro atoms. The Morgan fingerprint density at radius 3 is 2.81 bits per heavy atom. The molecule has 0 aliphatic rings. The van der Waals surface area contributed by atoms with Crippen molar-refractivity contribution in [2.24, 2.45) is 0 Å². The molecule has 0 atom stereocenters. The maximum atomic E-state index is 13.4. The lowest BCUT2D eigenvalue weighted by molar-refractivity contribution is -0.139. The van der Waals surface area contributed by atoms with Crippen molar-refractivity contribution in [2.75, 3.05) is 6.61 Å². The molecule has 0 aliphatic heterocycles. The first-order valence-electron chi connectivity index (χ1n) is 4.75. The number of carbonyl (C=O) groups is 1. The van der Waals surface area contributed by atoms with Crippen LogP contribution in [0.15, 0.2) is 18.2 Å². The van der Waals surface area contributed by atoms with E-state index >= 15 is 0 Å². The van der Waals surface area contributed by atoms with Gasteiger partial charge in [0.1, 0.15) is 11.4 Å². The molecule has 0 N–H and O–H groups in total. The monoisotopic (exact) mass is 222 g/mol. The number of esters is 1. The van der Waals surface area contributed by atoms with Crippen LogP contribution in [0.25, 0.3) is 5.53 Å². The van der Waals surface area contributed by atoms with Crippen LogP contribution in [-0.2, 0) is 9.53 Å². The van der Waals surface area contributed by atoms with E-state index in [9.17, 15) is 9.18 Å². The van der Waals surface area contributed by atoms with Gasteiger partial charge in [-0.05, 0) is 26.0 Å². The molecule has 0 bridgehead atoms. The van der Waals surface area contributed by atoms with Gasteiger partial charge in [-0.1, -0.05) is 11.6 Å². The molecule has 0 amide bonds. The maximum Gasteiger partial charge on any atom is 0.422 e. The SMILES string of the molecule is CCOC(=O)C(=[N+]=[N-])c1cc(C)ccc1F. The molecule has 1 aromatic rings. The van der Waals surface area contributed by atoms with E-state index in [-0.39, 0.29) is 12.2 Å². The van der Waals surface area contributed by atoms with Crippen LogP contribution in [0.2, 0.25) is 0 Å². The van der Waals surface area contributed by atoms with Gasteiger partial charge in [0.15, 0.2) is 0 Å². The van der Waals surface area contributed by atoms with E-state index < -0.39 is 17.5 Å². The second kappa shape index (κ2) is 5.19. The molecule has 0 unspecified atom stereocenters. The summed E-state index contributed by atoms with van der Waals surface area (Å²) in [5.41, 5.74) is 8.97. The fraction of sp³-hybridized carbons (Fsp3) is 0.273. The number of carbonyl (C=O) groups excluding carboxylic acids is 1. The van der Waals surface area contributed by atoms with E-state index in [1.54, 1.807) is 19.9 Å². The van der Waals surface area contributed by atoms with Gasteiger partial charge in [0.2, 0.25) is 0 Å². The minimum atomic E-state index is -0.852. The van der Waals surface area contributed by atoms with Crippen LogP contribution in [0, 0.1) is 12.7 Å². The molecular weight excluding hydrogens is 211 g/mol. The number of aryl methyl sites for hydroxylation is 1. The Morgan fingerprint density at radius 1 is 1.56 bits per heavy atom. The highest BCUT2D eigenvalue weighted by atomic mass is 19.1. The molecule has 84 valence electrons. The van der Waals surface area contributed by atoms with E-state index in [4.69, 9.17) is 5.53 Å². The van der Waals surface area contributed by atoms with Crippen LogP contribution < -0.4 is 0 Å². The molecule has 1 aromatic carbocycles. The summed E-state index contributed by atoms with van der Waals surface area (Å²) in [6.45, 7) is 3.48. The smallest absolute Gasteiger partial charge is 0.422 e. The average Bonchev–Trinajstić information content (AvgIpc) is 2.24. The number of halogens is 1. The zero-order valence-corrected chi connectivity index (χ0v) is 9.03. The largest absolute Gasteiger partial charge is 0.457 e. The van der Waals surface area contributed by atoms with Crippen LogP contribution in [0.1, 0.15) is 18.1 Å². The molecule has 0 radical (unpaired) electrons. The van der Waals surface area contributed by atoms with Crippen molar-refractivity contribution in [3.05, 3.63) is 40.7 Å². The van der Waals surface area contributed by atoms with E-state index in [1.807, 2.05) is 0 Å². The van der Waals surface area contributed by atoms with Gasteiger partial charge in [-0.3, -0.25) is 0 Å². The zero-order chi connectivity index (χ0) is 12.1. The molecule has 4 nitrogen and oxygen atoms in total. The van der Waals surface area contributed by atoms with Crippen molar-refractivity contribution in [3.63, 3.8) is 0 Å². The van der Waals surface area contributed by atoms with Crippen LogP contribution in [0.5, 0.6) is 0 Å². The zero-order valence-electron chi connectivity index (χ0n) is 9.03. The number of rotatable bonds is 3. The third-order valence-electron chi connectivity index (χ3n) is 1.95. The summed E-state index contributed by atoms with van der Waals surface area (Å²) in [6, 6.07) is 4.18. The Bertz CT molecular complexity index is 465. The van der Waals surface area contributed by atoms with Crippen molar-refractivity contribution >= 4 is 11.7 Å². The molecule has 16 heavy (non-hydrogen) atoms. The van der Waals surface area contributed by atoms with Crippen molar-refractivity contribution < 1.29 is 18.7 Å². The number of nitrogens with zero attached hydrogens (tertiary/aromatic N) is 2. The Balaban J connectivity index is 3.20. The van der Waals surface area contributed by atoms with Gasteiger partial charge in [0.25, 0.3) is 0 Å². The molecule has 0 heterocycles. The van der Waals surface area contributed by atoms with Gasteiger partial charge >= 0.3 is 11.7 Å². The Morgan fingerprint density at radius 2 is 2.25 bits per heavy atom. The summed E-state index contributed by atoms with van der Waals surface area (Å²) in [5.74, 6) is -1.49. The first-order valence-corrected chi connectivity index (χ1v) is 4.75. The van der Waals surface area contributed by atoms with E-state index in [2.05, 4.69) is 9.53 Å². The van der Waals surface area contributed by atoms with Gasteiger partial charge in [-0.2, -0.15) is 4.79 Å². The molecule has 1 rings (SSSR count). The second-order valence-electron chi connectivity index (χ2n) is 3.15. The predicted molar refractivity (Wildman–Crippen MR) is 55.5 cm³/mol. The fourth-order valence-electron chi connectivity index (χ4n) is 1.22. The van der Waals surface area contributed by atoms with Crippen molar-refractivity contribution in [2.45, 2.75) is 13.8 Å². The van der Waals surface area contributed by atoms with E-state index in [1.165, 1.54) is 12.1 Å². The highest BCUT2D eigenvalue weighted by molar-refractivity contribution is 6.40. The third kappa shape index (κ3) is 2.52. The lowest BCUT2D eigenvalue weighted by Crippen LogP contribution is -2.21. The maximum absolute atomic E-state index is 13.4. The first kappa shape index (κ1) is 12.1. The van der Waals surface area contributed by atoms with Crippen molar-refractivity contribution in [1.29, 1.82) is 0 Å². The quantitative estimate of drug-likeness (QED) is 0.338. The minimum absolute atomic E-state index is 0.0686. The number of ether oxygens (including phenoxy) is 1. The molecule has 0 fully saturated rings. The van der Waals surface area contributed by atoms with E-state index in [0.29, 0.717) is 0 Å². The van der Waals surface area contributed by atoms with Crippen LogP contribution in [-0.4, -0.2) is 23.1 Å². The van der Waals surface area contributed by atoms with Crippen LogP contribution in [0.4, 0.5) is 4.39 Å². The summed E-state index contributed by atoms with van der Waals surface area (Å²) in [4.78, 5) is 14.1.